The van der Waals surface area contributed by atoms with Crippen LogP contribution in [0.25, 0.3) is 0 Å². The minimum atomic E-state index is -0.137. The summed E-state index contributed by atoms with van der Waals surface area (Å²) in [5, 5.41) is 6.83. The summed E-state index contributed by atoms with van der Waals surface area (Å²) >= 11 is 0. The Hall–Kier alpha value is -2.50. The van der Waals surface area contributed by atoms with Gasteiger partial charge >= 0.3 is 0 Å². The van der Waals surface area contributed by atoms with Gasteiger partial charge in [-0.3, -0.25) is 9.48 Å². The van der Waals surface area contributed by atoms with Crippen LogP contribution >= 0.6 is 0 Å². The number of amides is 1. The summed E-state index contributed by atoms with van der Waals surface area (Å²) in [6.07, 6.45) is 1.68. The molecule has 0 aliphatic carbocycles. The molecule has 0 saturated heterocycles. The highest BCUT2D eigenvalue weighted by Crippen LogP contribution is 2.22. The van der Waals surface area contributed by atoms with Crippen LogP contribution in [-0.4, -0.2) is 29.8 Å². The van der Waals surface area contributed by atoms with Gasteiger partial charge in [-0.2, -0.15) is 5.10 Å². The summed E-state index contributed by atoms with van der Waals surface area (Å²) in [5.41, 5.74) is 8.51. The van der Waals surface area contributed by atoms with Crippen molar-refractivity contribution in [3.63, 3.8) is 0 Å². The standard InChI is InChI=1S/C14H19N5O/c1-10-4-5-11(8-12(10)18(2)3)16-14(20)9-19-7-6-13(15)17-19/h4-8H,9H2,1-3H3,(H2,15,17)(H,16,20). The highest BCUT2D eigenvalue weighted by molar-refractivity contribution is 5.91. The van der Waals surface area contributed by atoms with Crippen LogP contribution in [0.5, 0.6) is 0 Å². The number of nitrogens with zero attached hydrogens (tertiary/aromatic N) is 3. The Morgan fingerprint density at radius 1 is 1.40 bits per heavy atom. The molecular formula is C14H19N5O. The number of anilines is 3. The van der Waals surface area contributed by atoms with Gasteiger partial charge in [0.25, 0.3) is 0 Å². The topological polar surface area (TPSA) is 76.2 Å². The first-order valence-corrected chi connectivity index (χ1v) is 6.32. The molecule has 1 heterocycles. The third kappa shape index (κ3) is 3.28. The van der Waals surface area contributed by atoms with Crippen LogP contribution in [0.4, 0.5) is 17.2 Å². The average molecular weight is 273 g/mol. The molecule has 2 aromatic rings. The van der Waals surface area contributed by atoms with E-state index >= 15 is 0 Å². The lowest BCUT2D eigenvalue weighted by Crippen LogP contribution is -2.19. The number of rotatable bonds is 4. The molecule has 1 aromatic carbocycles. The summed E-state index contributed by atoms with van der Waals surface area (Å²) < 4.78 is 1.51. The second-order valence-corrected chi connectivity index (χ2v) is 4.88. The number of carbonyl (C=O) groups excluding carboxylic acids is 1. The molecule has 0 radical (unpaired) electrons. The van der Waals surface area contributed by atoms with E-state index in [-0.39, 0.29) is 12.5 Å². The molecule has 0 bridgehead atoms. The first kappa shape index (κ1) is 13.9. The van der Waals surface area contributed by atoms with Gasteiger partial charge in [0.2, 0.25) is 5.91 Å². The van der Waals surface area contributed by atoms with Gasteiger partial charge in [0.1, 0.15) is 12.4 Å². The number of benzene rings is 1. The monoisotopic (exact) mass is 273 g/mol. The summed E-state index contributed by atoms with van der Waals surface area (Å²) in [7, 11) is 3.95. The minimum absolute atomic E-state index is 0.137. The maximum absolute atomic E-state index is 11.9. The van der Waals surface area contributed by atoms with Crippen molar-refractivity contribution in [1.29, 1.82) is 0 Å². The molecule has 0 saturated carbocycles. The molecule has 3 N–H and O–H groups in total. The van der Waals surface area contributed by atoms with Gasteiger partial charge in [0.05, 0.1) is 0 Å². The molecule has 1 amide bonds. The van der Waals surface area contributed by atoms with Crippen LogP contribution in [0.3, 0.4) is 0 Å². The van der Waals surface area contributed by atoms with Crippen LogP contribution in [-0.2, 0) is 11.3 Å². The zero-order valence-corrected chi connectivity index (χ0v) is 11.9. The third-order valence-corrected chi connectivity index (χ3v) is 2.94. The van der Waals surface area contributed by atoms with Crippen molar-refractivity contribution in [3.8, 4) is 0 Å². The summed E-state index contributed by atoms with van der Waals surface area (Å²) in [5.74, 6) is 0.268. The number of hydrogen-bond acceptors (Lipinski definition) is 4. The Labute approximate surface area is 118 Å². The molecule has 0 unspecified atom stereocenters. The van der Waals surface area contributed by atoms with E-state index in [1.807, 2.05) is 44.1 Å². The number of nitrogens with one attached hydrogen (secondary N) is 1. The van der Waals surface area contributed by atoms with Crippen LogP contribution in [0.15, 0.2) is 30.5 Å². The lowest BCUT2D eigenvalue weighted by molar-refractivity contribution is -0.116. The van der Waals surface area contributed by atoms with Crippen molar-refractivity contribution < 1.29 is 4.79 Å². The number of carbonyl (C=O) groups is 1. The average Bonchev–Trinajstić information content (AvgIpc) is 2.76. The SMILES string of the molecule is Cc1ccc(NC(=O)Cn2ccc(N)n2)cc1N(C)C. The lowest BCUT2D eigenvalue weighted by atomic mass is 10.1. The van der Waals surface area contributed by atoms with Gasteiger partial charge in [-0.1, -0.05) is 6.07 Å². The molecule has 6 nitrogen and oxygen atoms in total. The predicted octanol–water partition coefficient (Wildman–Crippen LogP) is 1.48. The fraction of sp³-hybridized carbons (Fsp3) is 0.286. The third-order valence-electron chi connectivity index (χ3n) is 2.94. The minimum Gasteiger partial charge on any atom is -0.382 e. The Bertz CT molecular complexity index is 618. The van der Waals surface area contributed by atoms with Crippen molar-refractivity contribution >= 4 is 23.1 Å². The molecule has 0 spiro atoms. The highest BCUT2D eigenvalue weighted by Gasteiger charge is 2.07. The molecule has 20 heavy (non-hydrogen) atoms. The number of nitrogens with two attached hydrogens (primary N) is 1. The van der Waals surface area contributed by atoms with Gasteiger partial charge in [-0.15, -0.1) is 0 Å². The van der Waals surface area contributed by atoms with E-state index in [0.717, 1.165) is 16.9 Å². The second-order valence-electron chi connectivity index (χ2n) is 4.88. The molecule has 2 rings (SSSR count). The van der Waals surface area contributed by atoms with E-state index in [4.69, 9.17) is 5.73 Å². The molecule has 0 atom stereocenters. The van der Waals surface area contributed by atoms with Gasteiger partial charge in [0, 0.05) is 31.7 Å². The molecule has 0 aliphatic rings. The van der Waals surface area contributed by atoms with Crippen LogP contribution in [0.1, 0.15) is 5.56 Å². The van der Waals surface area contributed by atoms with E-state index in [9.17, 15) is 4.79 Å². The molecule has 1 aromatic heterocycles. The van der Waals surface area contributed by atoms with Crippen LogP contribution in [0.2, 0.25) is 0 Å². The summed E-state index contributed by atoms with van der Waals surface area (Å²) in [6, 6.07) is 7.47. The van der Waals surface area contributed by atoms with Crippen molar-refractivity contribution in [2.24, 2.45) is 0 Å². The van der Waals surface area contributed by atoms with E-state index < -0.39 is 0 Å². The van der Waals surface area contributed by atoms with Crippen molar-refractivity contribution in [2.45, 2.75) is 13.5 Å². The zero-order valence-electron chi connectivity index (χ0n) is 11.9. The van der Waals surface area contributed by atoms with Gasteiger partial charge in [-0.25, -0.2) is 0 Å². The van der Waals surface area contributed by atoms with E-state index in [0.29, 0.717) is 5.82 Å². The van der Waals surface area contributed by atoms with Crippen molar-refractivity contribution in [3.05, 3.63) is 36.0 Å². The predicted molar refractivity (Wildman–Crippen MR) is 80.8 cm³/mol. The lowest BCUT2D eigenvalue weighted by Gasteiger charge is -2.17. The number of aryl methyl sites for hydroxylation is 1. The van der Waals surface area contributed by atoms with Crippen molar-refractivity contribution in [2.75, 3.05) is 30.0 Å². The Morgan fingerprint density at radius 2 is 2.15 bits per heavy atom. The molecule has 106 valence electrons. The van der Waals surface area contributed by atoms with E-state index in [2.05, 4.69) is 10.4 Å². The van der Waals surface area contributed by atoms with Gasteiger partial charge in [-0.05, 0) is 30.7 Å². The van der Waals surface area contributed by atoms with Gasteiger partial charge in [0.15, 0.2) is 0 Å². The van der Waals surface area contributed by atoms with Crippen molar-refractivity contribution in [1.82, 2.24) is 9.78 Å². The molecule has 0 fully saturated rings. The maximum Gasteiger partial charge on any atom is 0.246 e. The molecular weight excluding hydrogens is 254 g/mol. The first-order chi connectivity index (χ1) is 9.45. The first-order valence-electron chi connectivity index (χ1n) is 6.32. The van der Waals surface area contributed by atoms with E-state index in [1.54, 1.807) is 12.3 Å². The number of hydrogen-bond donors (Lipinski definition) is 2. The fourth-order valence-electron chi connectivity index (χ4n) is 1.98. The Morgan fingerprint density at radius 3 is 2.75 bits per heavy atom. The zero-order chi connectivity index (χ0) is 14.7. The smallest absolute Gasteiger partial charge is 0.246 e. The normalized spacial score (nSPS) is 10.3. The van der Waals surface area contributed by atoms with Crippen LogP contribution in [0, 0.1) is 6.92 Å². The largest absolute Gasteiger partial charge is 0.382 e. The van der Waals surface area contributed by atoms with E-state index in [1.165, 1.54) is 4.68 Å². The van der Waals surface area contributed by atoms with Gasteiger partial charge < -0.3 is 16.0 Å². The maximum atomic E-state index is 11.9. The Balaban J connectivity index is 2.06. The fourth-order valence-corrected chi connectivity index (χ4v) is 1.98. The molecule has 0 aliphatic heterocycles. The quantitative estimate of drug-likeness (QED) is 0.884. The summed E-state index contributed by atoms with van der Waals surface area (Å²) in [6.45, 7) is 2.18. The molecule has 6 heteroatoms. The number of nitrogen functional groups attached to an aromatic ring is 1. The Kier molecular flexibility index (Phi) is 3.93. The highest BCUT2D eigenvalue weighted by atomic mass is 16.2. The van der Waals surface area contributed by atoms with Crippen LogP contribution < -0.4 is 16.0 Å². The second kappa shape index (κ2) is 5.64. The summed E-state index contributed by atoms with van der Waals surface area (Å²) in [4.78, 5) is 13.9. The number of aromatic nitrogens is 2.